The van der Waals surface area contributed by atoms with Gasteiger partial charge in [0.25, 0.3) is 0 Å². The fourth-order valence-electron chi connectivity index (χ4n) is 3.96. The minimum Gasteiger partial charge on any atom is -0.369 e. The first kappa shape index (κ1) is 16.0. The maximum absolute atomic E-state index is 12.7. The number of primary amides is 1. The molecule has 5 heteroatoms. The standard InChI is InChI=1S/C18H25N3O2/c1-12-10-13-6-2-5-9-16(13)21(12)17(22)11-20-15-8-4-3-7-14(15)18(19)23/h2,5-6,9,12,14-15,20H,3-4,7-8,10-11H2,1H3,(H2,19,23). The third kappa shape index (κ3) is 3.24. The lowest BCUT2D eigenvalue weighted by atomic mass is 9.84. The first-order chi connectivity index (χ1) is 11.1. The lowest BCUT2D eigenvalue weighted by molar-refractivity contribution is -0.124. The molecule has 3 rings (SSSR count). The van der Waals surface area contributed by atoms with Gasteiger partial charge in [0, 0.05) is 17.8 Å². The predicted molar refractivity (Wildman–Crippen MR) is 90.0 cm³/mol. The van der Waals surface area contributed by atoms with E-state index in [0.717, 1.165) is 37.8 Å². The lowest BCUT2D eigenvalue weighted by Gasteiger charge is -2.31. The van der Waals surface area contributed by atoms with Gasteiger partial charge in [-0.25, -0.2) is 0 Å². The molecule has 2 amide bonds. The number of nitrogens with two attached hydrogens (primary N) is 1. The average Bonchev–Trinajstić information content (AvgIpc) is 2.88. The van der Waals surface area contributed by atoms with E-state index in [2.05, 4.69) is 18.3 Å². The Labute approximate surface area is 137 Å². The number of hydrogen-bond acceptors (Lipinski definition) is 3. The fraction of sp³-hybridized carbons (Fsp3) is 0.556. The summed E-state index contributed by atoms with van der Waals surface area (Å²) >= 11 is 0. The highest BCUT2D eigenvalue weighted by atomic mass is 16.2. The minimum atomic E-state index is -0.255. The number of fused-ring (bicyclic) bond motifs is 1. The Morgan fingerprint density at radius 3 is 2.78 bits per heavy atom. The molecule has 1 heterocycles. The molecule has 3 atom stereocenters. The summed E-state index contributed by atoms with van der Waals surface area (Å²) in [6.45, 7) is 2.33. The summed E-state index contributed by atoms with van der Waals surface area (Å²) < 4.78 is 0. The summed E-state index contributed by atoms with van der Waals surface area (Å²) in [5.41, 5.74) is 7.74. The van der Waals surface area contributed by atoms with E-state index in [1.54, 1.807) is 0 Å². The van der Waals surface area contributed by atoms with Crippen LogP contribution in [-0.4, -0.2) is 30.4 Å². The van der Waals surface area contributed by atoms with Gasteiger partial charge in [-0.15, -0.1) is 0 Å². The molecule has 1 aliphatic heterocycles. The highest BCUT2D eigenvalue weighted by Gasteiger charge is 2.33. The number of hydrogen-bond donors (Lipinski definition) is 2. The molecule has 5 nitrogen and oxygen atoms in total. The topological polar surface area (TPSA) is 75.4 Å². The summed E-state index contributed by atoms with van der Waals surface area (Å²) in [7, 11) is 0. The number of rotatable bonds is 4. The smallest absolute Gasteiger partial charge is 0.241 e. The van der Waals surface area contributed by atoms with Crippen molar-refractivity contribution >= 4 is 17.5 Å². The number of anilines is 1. The summed E-state index contributed by atoms with van der Waals surface area (Å²) in [5.74, 6) is -0.342. The van der Waals surface area contributed by atoms with E-state index >= 15 is 0 Å². The van der Waals surface area contributed by atoms with Crippen molar-refractivity contribution < 1.29 is 9.59 Å². The third-order valence-corrected chi connectivity index (χ3v) is 5.12. The van der Waals surface area contributed by atoms with Crippen LogP contribution in [0.25, 0.3) is 0 Å². The maximum Gasteiger partial charge on any atom is 0.241 e. The zero-order valence-electron chi connectivity index (χ0n) is 13.6. The predicted octanol–water partition coefficient (Wildman–Crippen LogP) is 1.60. The molecule has 1 fully saturated rings. The second-order valence-corrected chi connectivity index (χ2v) is 6.73. The molecule has 124 valence electrons. The van der Waals surface area contributed by atoms with Gasteiger partial charge in [-0.05, 0) is 37.8 Å². The molecule has 1 saturated carbocycles. The monoisotopic (exact) mass is 315 g/mol. The van der Waals surface area contributed by atoms with Crippen LogP contribution in [0.15, 0.2) is 24.3 Å². The van der Waals surface area contributed by atoms with Crippen LogP contribution >= 0.6 is 0 Å². The van der Waals surface area contributed by atoms with Gasteiger partial charge in [-0.2, -0.15) is 0 Å². The van der Waals surface area contributed by atoms with Gasteiger partial charge in [0.1, 0.15) is 0 Å². The van der Waals surface area contributed by atoms with Crippen molar-refractivity contribution in [3.05, 3.63) is 29.8 Å². The summed E-state index contributed by atoms with van der Waals surface area (Å²) in [6.07, 6.45) is 4.75. The first-order valence-electron chi connectivity index (χ1n) is 8.50. The van der Waals surface area contributed by atoms with Crippen LogP contribution in [0.2, 0.25) is 0 Å². The quantitative estimate of drug-likeness (QED) is 0.886. The van der Waals surface area contributed by atoms with Gasteiger partial charge in [0.2, 0.25) is 11.8 Å². The zero-order chi connectivity index (χ0) is 16.4. The van der Waals surface area contributed by atoms with E-state index in [1.807, 2.05) is 23.1 Å². The normalized spacial score (nSPS) is 26.8. The molecule has 0 bridgehead atoms. The summed E-state index contributed by atoms with van der Waals surface area (Å²) in [5, 5.41) is 3.29. The van der Waals surface area contributed by atoms with Crippen LogP contribution in [0.4, 0.5) is 5.69 Å². The van der Waals surface area contributed by atoms with Gasteiger partial charge < -0.3 is 16.0 Å². The van der Waals surface area contributed by atoms with Crippen LogP contribution < -0.4 is 16.0 Å². The van der Waals surface area contributed by atoms with Gasteiger partial charge in [0.05, 0.1) is 12.5 Å². The first-order valence-corrected chi connectivity index (χ1v) is 8.50. The zero-order valence-corrected chi connectivity index (χ0v) is 13.6. The molecule has 1 aliphatic carbocycles. The van der Waals surface area contributed by atoms with Gasteiger partial charge in [-0.3, -0.25) is 9.59 Å². The molecular weight excluding hydrogens is 290 g/mol. The fourth-order valence-corrected chi connectivity index (χ4v) is 3.96. The number of para-hydroxylation sites is 1. The van der Waals surface area contributed by atoms with Crippen molar-refractivity contribution in [2.24, 2.45) is 11.7 Å². The van der Waals surface area contributed by atoms with Crippen LogP contribution in [-0.2, 0) is 16.0 Å². The number of nitrogens with zero attached hydrogens (tertiary/aromatic N) is 1. The Balaban J connectivity index is 1.64. The molecule has 0 aromatic heterocycles. The molecule has 3 N–H and O–H groups in total. The van der Waals surface area contributed by atoms with Crippen LogP contribution in [0.3, 0.4) is 0 Å². The van der Waals surface area contributed by atoms with E-state index < -0.39 is 0 Å². The highest BCUT2D eigenvalue weighted by Crippen LogP contribution is 2.31. The van der Waals surface area contributed by atoms with E-state index in [0.29, 0.717) is 0 Å². The van der Waals surface area contributed by atoms with Crippen molar-refractivity contribution in [2.75, 3.05) is 11.4 Å². The molecule has 2 aliphatic rings. The molecule has 1 aromatic rings. The Morgan fingerprint density at radius 1 is 1.26 bits per heavy atom. The van der Waals surface area contributed by atoms with Crippen molar-refractivity contribution in [1.82, 2.24) is 5.32 Å². The number of amides is 2. The number of nitrogens with one attached hydrogen (secondary N) is 1. The Kier molecular flexibility index (Phi) is 4.66. The van der Waals surface area contributed by atoms with E-state index in [-0.39, 0.29) is 36.4 Å². The number of benzene rings is 1. The maximum atomic E-state index is 12.7. The van der Waals surface area contributed by atoms with E-state index in [1.165, 1.54) is 5.56 Å². The summed E-state index contributed by atoms with van der Waals surface area (Å²) in [6, 6.07) is 8.27. The average molecular weight is 315 g/mol. The highest BCUT2D eigenvalue weighted by molar-refractivity contribution is 5.97. The van der Waals surface area contributed by atoms with Crippen LogP contribution in [0.1, 0.15) is 38.2 Å². The molecule has 0 saturated heterocycles. The Morgan fingerprint density at radius 2 is 2.00 bits per heavy atom. The largest absolute Gasteiger partial charge is 0.369 e. The van der Waals surface area contributed by atoms with Gasteiger partial charge >= 0.3 is 0 Å². The SMILES string of the molecule is CC1Cc2ccccc2N1C(=O)CNC1CCCCC1C(N)=O. The second-order valence-electron chi connectivity index (χ2n) is 6.73. The third-order valence-electron chi connectivity index (χ3n) is 5.12. The minimum absolute atomic E-state index is 0.0263. The molecule has 3 unspecified atom stereocenters. The van der Waals surface area contributed by atoms with Crippen molar-refractivity contribution in [3.63, 3.8) is 0 Å². The van der Waals surface area contributed by atoms with Crippen LogP contribution in [0.5, 0.6) is 0 Å². The van der Waals surface area contributed by atoms with Gasteiger partial charge in [-0.1, -0.05) is 31.0 Å². The molecule has 23 heavy (non-hydrogen) atoms. The van der Waals surface area contributed by atoms with Crippen molar-refractivity contribution in [3.8, 4) is 0 Å². The molecule has 0 spiro atoms. The Hall–Kier alpha value is -1.88. The van der Waals surface area contributed by atoms with Crippen LogP contribution in [0, 0.1) is 5.92 Å². The second kappa shape index (κ2) is 6.71. The van der Waals surface area contributed by atoms with E-state index in [9.17, 15) is 9.59 Å². The molecule has 1 aromatic carbocycles. The molecular formula is C18H25N3O2. The van der Waals surface area contributed by atoms with Crippen molar-refractivity contribution in [2.45, 2.75) is 51.1 Å². The van der Waals surface area contributed by atoms with Crippen molar-refractivity contribution in [1.29, 1.82) is 0 Å². The van der Waals surface area contributed by atoms with Gasteiger partial charge in [0.15, 0.2) is 0 Å². The number of carbonyl (C=O) groups excluding carboxylic acids is 2. The lowest BCUT2D eigenvalue weighted by Crippen LogP contribution is -2.49. The Bertz CT molecular complexity index is 602. The molecule has 0 radical (unpaired) electrons. The number of carbonyl (C=O) groups is 2. The van der Waals surface area contributed by atoms with E-state index in [4.69, 9.17) is 5.73 Å². The summed E-state index contributed by atoms with van der Waals surface area (Å²) in [4.78, 5) is 26.1.